The molecule has 3 rings (SSSR count). The molecule has 1 unspecified atom stereocenters. The van der Waals surface area contributed by atoms with Crippen LogP contribution in [0.2, 0.25) is 0 Å². The molecule has 0 saturated heterocycles. The van der Waals surface area contributed by atoms with Crippen LogP contribution in [-0.4, -0.2) is 58.6 Å². The number of amides is 1. The van der Waals surface area contributed by atoms with E-state index >= 15 is 0 Å². The summed E-state index contributed by atoms with van der Waals surface area (Å²) in [6.45, 7) is 9.48. The number of nitrogens with zero attached hydrogens (tertiary/aromatic N) is 3. The van der Waals surface area contributed by atoms with Gasteiger partial charge in [0.05, 0.1) is 7.11 Å². The molecule has 0 bridgehead atoms. The number of carbonyl (C=O) groups excluding carboxylic acids is 3. The number of benzene rings is 1. The van der Waals surface area contributed by atoms with Gasteiger partial charge in [-0.1, -0.05) is 26.0 Å². The molecule has 2 aromatic heterocycles. The molecule has 0 radical (unpaired) electrons. The minimum Gasteiger partial charge on any atom is -0.467 e. The van der Waals surface area contributed by atoms with Gasteiger partial charge in [-0.05, 0) is 57.0 Å². The first-order chi connectivity index (χ1) is 18.7. The molecule has 0 fully saturated rings. The normalized spacial score (nSPS) is 11.2. The highest BCUT2D eigenvalue weighted by Gasteiger charge is 2.21. The van der Waals surface area contributed by atoms with E-state index in [2.05, 4.69) is 30.9 Å². The molecular formula is C28H36N6O5. The van der Waals surface area contributed by atoms with Gasteiger partial charge < -0.3 is 25.4 Å². The predicted molar refractivity (Wildman–Crippen MR) is 150 cm³/mol. The van der Waals surface area contributed by atoms with Crippen molar-refractivity contribution in [2.24, 2.45) is 0 Å². The van der Waals surface area contributed by atoms with Gasteiger partial charge in [0.25, 0.3) is 0 Å². The third kappa shape index (κ3) is 10.4. The largest absolute Gasteiger partial charge is 0.467 e. The highest BCUT2D eigenvalue weighted by Crippen LogP contribution is 2.23. The zero-order chi connectivity index (χ0) is 28.8. The predicted octanol–water partition coefficient (Wildman–Crippen LogP) is 4.99. The summed E-state index contributed by atoms with van der Waals surface area (Å²) in [6.07, 6.45) is 5.34. The molecule has 0 aliphatic carbocycles. The number of esters is 1. The molecule has 11 nitrogen and oxygen atoms in total. The number of methoxy groups -OCH3 is 1. The van der Waals surface area contributed by atoms with E-state index in [9.17, 15) is 14.4 Å². The second kappa shape index (κ2) is 15.0. The molecule has 208 valence electrons. The van der Waals surface area contributed by atoms with E-state index in [1.165, 1.54) is 7.11 Å². The van der Waals surface area contributed by atoms with Crippen molar-refractivity contribution in [3.63, 3.8) is 0 Å². The summed E-state index contributed by atoms with van der Waals surface area (Å²) >= 11 is 0. The van der Waals surface area contributed by atoms with Gasteiger partial charge in [-0.2, -0.15) is 0 Å². The summed E-state index contributed by atoms with van der Waals surface area (Å²) in [6, 6.07) is 9.95. The molecule has 1 aromatic carbocycles. The van der Waals surface area contributed by atoms with E-state index in [0.717, 1.165) is 23.1 Å². The Kier molecular flexibility index (Phi) is 11.8. The quantitative estimate of drug-likeness (QED) is 0.239. The van der Waals surface area contributed by atoms with E-state index in [1.807, 2.05) is 32.0 Å². The van der Waals surface area contributed by atoms with Gasteiger partial charge in [0.2, 0.25) is 5.95 Å². The van der Waals surface area contributed by atoms with Crippen molar-refractivity contribution < 1.29 is 23.9 Å². The van der Waals surface area contributed by atoms with Crippen LogP contribution in [0.25, 0.3) is 11.1 Å². The molecule has 3 N–H and O–H groups in total. The van der Waals surface area contributed by atoms with Gasteiger partial charge >= 0.3 is 12.1 Å². The van der Waals surface area contributed by atoms with Crippen LogP contribution < -0.4 is 16.0 Å². The Morgan fingerprint density at radius 2 is 1.74 bits per heavy atom. The van der Waals surface area contributed by atoms with Crippen molar-refractivity contribution in [1.82, 2.24) is 20.3 Å². The topological polar surface area (TPSA) is 144 Å². The summed E-state index contributed by atoms with van der Waals surface area (Å²) in [5.41, 5.74) is 2.23. The molecule has 2 heterocycles. The standard InChI is InChI=1S/C26H30N6O5.C2H6/c1-26(2,3)37-25(35)28-11-9-21(23(34)36-4)32-24-29-14-19(15-30-24)18-8-10-27-22(13-18)31-20-7-5-6-17(12-20)16-33;1-2/h5-8,10,12-16,21H,9,11H2,1-4H3,(H,27,31)(H,28,35)(H,29,30,32);1-2H3. The summed E-state index contributed by atoms with van der Waals surface area (Å²) < 4.78 is 10.1. The summed E-state index contributed by atoms with van der Waals surface area (Å²) in [5, 5.41) is 8.73. The van der Waals surface area contributed by atoms with Crippen LogP contribution in [0.3, 0.4) is 0 Å². The number of hydrogen-bond acceptors (Lipinski definition) is 10. The highest BCUT2D eigenvalue weighted by molar-refractivity contribution is 5.79. The first-order valence-corrected chi connectivity index (χ1v) is 12.6. The van der Waals surface area contributed by atoms with Crippen LogP contribution in [0.4, 0.5) is 22.2 Å². The van der Waals surface area contributed by atoms with E-state index in [1.54, 1.807) is 57.6 Å². The molecule has 0 aliphatic heterocycles. The fourth-order valence-corrected chi connectivity index (χ4v) is 3.25. The molecular weight excluding hydrogens is 500 g/mol. The zero-order valence-electron chi connectivity index (χ0n) is 23.1. The molecule has 1 atom stereocenters. The van der Waals surface area contributed by atoms with E-state index in [-0.39, 0.29) is 18.9 Å². The van der Waals surface area contributed by atoms with Gasteiger partial charge in [-0.15, -0.1) is 0 Å². The van der Waals surface area contributed by atoms with Crippen LogP contribution in [0.5, 0.6) is 0 Å². The number of alkyl carbamates (subject to hydrolysis) is 1. The third-order valence-electron chi connectivity index (χ3n) is 4.93. The van der Waals surface area contributed by atoms with Gasteiger partial charge in [0.1, 0.15) is 23.7 Å². The second-order valence-electron chi connectivity index (χ2n) is 9.03. The minimum absolute atomic E-state index is 0.183. The molecule has 0 aliphatic rings. The van der Waals surface area contributed by atoms with Gasteiger partial charge in [0, 0.05) is 41.9 Å². The molecule has 0 saturated carbocycles. The Balaban J connectivity index is 0.00000260. The maximum Gasteiger partial charge on any atom is 0.407 e. The fourth-order valence-electron chi connectivity index (χ4n) is 3.25. The number of rotatable bonds is 10. The zero-order valence-corrected chi connectivity index (χ0v) is 23.1. The first kappa shape index (κ1) is 30.7. The Labute approximate surface area is 228 Å². The van der Waals surface area contributed by atoms with Crippen molar-refractivity contribution in [3.05, 3.63) is 60.6 Å². The van der Waals surface area contributed by atoms with Gasteiger partial charge in [-0.3, -0.25) is 4.79 Å². The summed E-state index contributed by atoms with van der Waals surface area (Å²) in [5.74, 6) is 0.308. The Morgan fingerprint density at radius 1 is 1.03 bits per heavy atom. The van der Waals surface area contributed by atoms with E-state index < -0.39 is 23.7 Å². The third-order valence-corrected chi connectivity index (χ3v) is 4.93. The van der Waals surface area contributed by atoms with Crippen molar-refractivity contribution in [2.45, 2.75) is 52.7 Å². The lowest BCUT2D eigenvalue weighted by Gasteiger charge is -2.20. The van der Waals surface area contributed by atoms with E-state index in [4.69, 9.17) is 9.47 Å². The highest BCUT2D eigenvalue weighted by atomic mass is 16.6. The fraction of sp³-hybridized carbons (Fsp3) is 0.357. The van der Waals surface area contributed by atoms with Crippen molar-refractivity contribution >= 4 is 35.8 Å². The number of ether oxygens (including phenoxy) is 2. The maximum atomic E-state index is 12.2. The van der Waals surface area contributed by atoms with Crippen molar-refractivity contribution in [1.29, 1.82) is 0 Å². The molecule has 3 aromatic rings. The molecule has 1 amide bonds. The number of hydrogen-bond donors (Lipinski definition) is 3. The van der Waals surface area contributed by atoms with E-state index in [0.29, 0.717) is 11.4 Å². The average Bonchev–Trinajstić information content (AvgIpc) is 2.93. The van der Waals surface area contributed by atoms with Crippen molar-refractivity contribution in [2.75, 3.05) is 24.3 Å². The van der Waals surface area contributed by atoms with Crippen LogP contribution >= 0.6 is 0 Å². The van der Waals surface area contributed by atoms with Gasteiger partial charge in [0.15, 0.2) is 0 Å². The molecule has 11 heteroatoms. The van der Waals surface area contributed by atoms with Crippen LogP contribution in [0.1, 0.15) is 51.4 Å². The number of aromatic nitrogens is 3. The van der Waals surface area contributed by atoms with Crippen LogP contribution in [0, 0.1) is 0 Å². The summed E-state index contributed by atoms with van der Waals surface area (Å²) in [7, 11) is 1.28. The maximum absolute atomic E-state index is 12.2. The first-order valence-electron chi connectivity index (χ1n) is 12.6. The summed E-state index contributed by atoms with van der Waals surface area (Å²) in [4.78, 5) is 48.0. The van der Waals surface area contributed by atoms with Crippen LogP contribution in [-0.2, 0) is 14.3 Å². The average molecular weight is 537 g/mol. The number of carbonyl (C=O) groups is 3. The monoisotopic (exact) mass is 536 g/mol. The molecule has 39 heavy (non-hydrogen) atoms. The lowest BCUT2D eigenvalue weighted by molar-refractivity contribution is -0.141. The number of pyridine rings is 1. The smallest absolute Gasteiger partial charge is 0.407 e. The lowest BCUT2D eigenvalue weighted by Crippen LogP contribution is -2.38. The number of nitrogens with one attached hydrogen (secondary N) is 3. The lowest BCUT2D eigenvalue weighted by atomic mass is 10.1. The Hall–Kier alpha value is -4.54. The van der Waals surface area contributed by atoms with Crippen LogP contribution in [0.15, 0.2) is 55.0 Å². The number of anilines is 3. The van der Waals surface area contributed by atoms with Crippen molar-refractivity contribution in [3.8, 4) is 11.1 Å². The van der Waals surface area contributed by atoms with Gasteiger partial charge in [-0.25, -0.2) is 24.5 Å². The number of aldehydes is 1. The minimum atomic E-state index is -0.773. The SMILES string of the molecule is CC.COC(=O)C(CCNC(=O)OC(C)(C)C)Nc1ncc(-c2ccnc(Nc3cccc(C=O)c3)c2)cn1. The second-order valence-corrected chi connectivity index (χ2v) is 9.03. The Bertz CT molecular complexity index is 1230. The molecule has 0 spiro atoms. The Morgan fingerprint density at radius 3 is 2.38 bits per heavy atom.